The quantitative estimate of drug-likeness (QED) is 0.683. The summed E-state index contributed by atoms with van der Waals surface area (Å²) in [5, 5.41) is 2.82. The molecule has 0 fully saturated rings. The van der Waals surface area contributed by atoms with Crippen molar-refractivity contribution in [3.8, 4) is 5.75 Å². The van der Waals surface area contributed by atoms with Gasteiger partial charge < -0.3 is 20.8 Å². The van der Waals surface area contributed by atoms with E-state index >= 15 is 0 Å². The Morgan fingerprint density at radius 3 is 2.87 bits per heavy atom. The molecule has 0 bridgehead atoms. The Kier molecular flexibility index (Phi) is 5.54. The summed E-state index contributed by atoms with van der Waals surface area (Å²) in [5.41, 5.74) is 8.49. The Hall–Kier alpha value is -2.60. The number of carbonyl (C=O) groups is 2. The summed E-state index contributed by atoms with van der Waals surface area (Å²) in [6.07, 6.45) is 3.64. The summed E-state index contributed by atoms with van der Waals surface area (Å²) in [6.45, 7) is 2.42. The van der Waals surface area contributed by atoms with Crippen molar-refractivity contribution in [3.05, 3.63) is 46.8 Å². The first kappa shape index (κ1) is 16.8. The van der Waals surface area contributed by atoms with Crippen molar-refractivity contribution < 1.29 is 14.3 Å². The van der Waals surface area contributed by atoms with Gasteiger partial charge in [-0.15, -0.1) is 0 Å². The van der Waals surface area contributed by atoms with Crippen LogP contribution in [0.4, 0.5) is 5.69 Å². The van der Waals surface area contributed by atoms with Gasteiger partial charge >= 0.3 is 0 Å². The second-order valence-corrected chi connectivity index (χ2v) is 5.24. The highest BCUT2D eigenvalue weighted by atomic mass is 16.5. The molecule has 0 saturated heterocycles. The van der Waals surface area contributed by atoms with Crippen molar-refractivity contribution in [1.82, 2.24) is 4.98 Å². The van der Waals surface area contributed by atoms with Crippen LogP contribution in [0.2, 0.25) is 0 Å². The predicted octanol–water partition coefficient (Wildman–Crippen LogP) is 2.29. The molecule has 1 amide bonds. The molecular formula is C17H21N3O3. The van der Waals surface area contributed by atoms with Crippen LogP contribution in [0.5, 0.6) is 5.75 Å². The lowest BCUT2D eigenvalue weighted by Gasteiger charge is -2.10. The van der Waals surface area contributed by atoms with Crippen molar-refractivity contribution in [2.24, 2.45) is 5.73 Å². The van der Waals surface area contributed by atoms with Gasteiger partial charge in [0, 0.05) is 29.2 Å². The van der Waals surface area contributed by atoms with Gasteiger partial charge in [0.25, 0.3) is 5.91 Å². The third-order valence-corrected chi connectivity index (χ3v) is 3.69. The third kappa shape index (κ3) is 3.78. The van der Waals surface area contributed by atoms with Gasteiger partial charge in [0.2, 0.25) is 0 Å². The van der Waals surface area contributed by atoms with E-state index in [0.29, 0.717) is 41.8 Å². The molecule has 1 aromatic carbocycles. The van der Waals surface area contributed by atoms with Crippen molar-refractivity contribution in [2.75, 3.05) is 19.0 Å². The van der Waals surface area contributed by atoms with Gasteiger partial charge in [-0.2, -0.15) is 0 Å². The Bertz CT molecular complexity index is 707. The van der Waals surface area contributed by atoms with E-state index < -0.39 is 0 Å². The molecule has 0 spiro atoms. The topological polar surface area (TPSA) is 97.2 Å². The summed E-state index contributed by atoms with van der Waals surface area (Å²) in [7, 11) is 1.57. The Labute approximate surface area is 135 Å². The number of aromatic nitrogens is 1. The fourth-order valence-corrected chi connectivity index (χ4v) is 2.34. The lowest BCUT2D eigenvalue weighted by Crippen LogP contribution is -2.14. The van der Waals surface area contributed by atoms with E-state index in [2.05, 4.69) is 10.3 Å². The van der Waals surface area contributed by atoms with Crippen molar-refractivity contribution in [2.45, 2.75) is 19.8 Å². The third-order valence-electron chi connectivity index (χ3n) is 3.69. The summed E-state index contributed by atoms with van der Waals surface area (Å²) >= 11 is 0. The summed E-state index contributed by atoms with van der Waals surface area (Å²) in [6, 6.07) is 5.43. The Morgan fingerprint density at radius 2 is 2.22 bits per heavy atom. The molecule has 1 heterocycles. The number of amides is 1. The maximum atomic E-state index is 12.5. The number of benzene rings is 1. The first-order valence-corrected chi connectivity index (χ1v) is 7.42. The number of rotatable bonds is 7. The number of hydrogen-bond acceptors (Lipinski definition) is 4. The van der Waals surface area contributed by atoms with Crippen LogP contribution in [0.1, 0.15) is 38.4 Å². The monoisotopic (exact) mass is 315 g/mol. The van der Waals surface area contributed by atoms with Crippen LogP contribution in [0.3, 0.4) is 0 Å². The maximum absolute atomic E-state index is 12.5. The van der Waals surface area contributed by atoms with Crippen molar-refractivity contribution in [1.29, 1.82) is 0 Å². The number of anilines is 1. The van der Waals surface area contributed by atoms with Crippen LogP contribution in [0.15, 0.2) is 24.4 Å². The molecule has 0 aliphatic carbocycles. The molecule has 122 valence electrons. The molecule has 0 atom stereocenters. The zero-order chi connectivity index (χ0) is 16.8. The highest BCUT2D eigenvalue weighted by Crippen LogP contribution is 2.23. The molecule has 0 saturated carbocycles. The average Bonchev–Trinajstić information content (AvgIpc) is 2.97. The molecule has 1 aromatic heterocycles. The van der Waals surface area contributed by atoms with Gasteiger partial charge in [-0.1, -0.05) is 6.07 Å². The first-order chi connectivity index (χ1) is 11.1. The predicted molar refractivity (Wildman–Crippen MR) is 89.2 cm³/mol. The van der Waals surface area contributed by atoms with Crippen molar-refractivity contribution in [3.63, 3.8) is 0 Å². The summed E-state index contributed by atoms with van der Waals surface area (Å²) in [4.78, 5) is 26.8. The molecule has 2 aromatic rings. The number of aromatic amines is 1. The van der Waals surface area contributed by atoms with Crippen LogP contribution in [0, 0.1) is 6.92 Å². The van der Waals surface area contributed by atoms with Crippen LogP contribution in [-0.2, 0) is 6.42 Å². The molecule has 23 heavy (non-hydrogen) atoms. The number of aryl methyl sites for hydroxylation is 2. The standard InChI is InChI=1S/C17H21N3O3/c1-11-5-6-12(23-2)8-16(11)20-17(22)13-9-19-15(4-3-7-18)14(13)10-21/h5-6,8-10,19H,3-4,7,18H2,1-2H3,(H,20,22). The molecule has 0 radical (unpaired) electrons. The lowest BCUT2D eigenvalue weighted by atomic mass is 10.1. The zero-order valence-electron chi connectivity index (χ0n) is 13.3. The highest BCUT2D eigenvalue weighted by Gasteiger charge is 2.17. The summed E-state index contributed by atoms with van der Waals surface area (Å²) in [5.74, 6) is 0.318. The average molecular weight is 315 g/mol. The molecule has 2 rings (SSSR count). The van der Waals surface area contributed by atoms with E-state index in [1.54, 1.807) is 19.4 Å². The molecular weight excluding hydrogens is 294 g/mol. The van der Waals surface area contributed by atoms with Crippen LogP contribution in [-0.4, -0.2) is 30.8 Å². The first-order valence-electron chi connectivity index (χ1n) is 7.42. The molecule has 6 heteroatoms. The van der Waals surface area contributed by atoms with Crippen LogP contribution >= 0.6 is 0 Å². The number of nitrogens with one attached hydrogen (secondary N) is 2. The van der Waals surface area contributed by atoms with E-state index in [0.717, 1.165) is 17.7 Å². The number of aldehydes is 1. The van der Waals surface area contributed by atoms with Crippen molar-refractivity contribution >= 4 is 17.9 Å². The molecule has 0 aliphatic rings. The van der Waals surface area contributed by atoms with E-state index in [1.807, 2.05) is 19.1 Å². The number of hydrogen-bond donors (Lipinski definition) is 3. The number of H-pyrrole nitrogens is 1. The zero-order valence-corrected chi connectivity index (χ0v) is 13.3. The maximum Gasteiger partial charge on any atom is 0.257 e. The second kappa shape index (κ2) is 7.60. The highest BCUT2D eigenvalue weighted by molar-refractivity contribution is 6.09. The fraction of sp³-hybridized carbons (Fsp3) is 0.294. The fourth-order valence-electron chi connectivity index (χ4n) is 2.34. The van der Waals surface area contributed by atoms with Gasteiger partial charge in [0.15, 0.2) is 6.29 Å². The lowest BCUT2D eigenvalue weighted by molar-refractivity contribution is 0.101. The SMILES string of the molecule is COc1ccc(C)c(NC(=O)c2c[nH]c(CCCN)c2C=O)c1. The minimum absolute atomic E-state index is 0.328. The number of nitrogens with two attached hydrogens (primary N) is 1. The number of methoxy groups -OCH3 is 1. The second-order valence-electron chi connectivity index (χ2n) is 5.24. The van der Waals surface area contributed by atoms with E-state index in [-0.39, 0.29) is 5.91 Å². The van der Waals surface area contributed by atoms with Gasteiger partial charge in [0.05, 0.1) is 12.7 Å². The van der Waals surface area contributed by atoms with Crippen LogP contribution < -0.4 is 15.8 Å². The Balaban J connectivity index is 2.24. The molecule has 4 N–H and O–H groups in total. The van der Waals surface area contributed by atoms with E-state index in [4.69, 9.17) is 10.5 Å². The van der Waals surface area contributed by atoms with Crippen LogP contribution in [0.25, 0.3) is 0 Å². The molecule has 0 unspecified atom stereocenters. The van der Waals surface area contributed by atoms with E-state index in [9.17, 15) is 9.59 Å². The number of carbonyl (C=O) groups excluding carboxylic acids is 2. The minimum Gasteiger partial charge on any atom is -0.497 e. The Morgan fingerprint density at radius 1 is 1.43 bits per heavy atom. The van der Waals surface area contributed by atoms with E-state index in [1.165, 1.54) is 0 Å². The smallest absolute Gasteiger partial charge is 0.257 e. The summed E-state index contributed by atoms with van der Waals surface area (Å²) < 4.78 is 5.16. The van der Waals surface area contributed by atoms with Gasteiger partial charge in [-0.25, -0.2) is 0 Å². The van der Waals surface area contributed by atoms with Gasteiger partial charge in [-0.05, 0) is 37.9 Å². The molecule has 0 aliphatic heterocycles. The molecule has 6 nitrogen and oxygen atoms in total. The largest absolute Gasteiger partial charge is 0.497 e. The number of ether oxygens (including phenoxy) is 1. The van der Waals surface area contributed by atoms with Gasteiger partial charge in [0.1, 0.15) is 5.75 Å². The van der Waals surface area contributed by atoms with Gasteiger partial charge in [-0.3, -0.25) is 9.59 Å². The minimum atomic E-state index is -0.335. The normalized spacial score (nSPS) is 10.4.